The third-order valence-corrected chi connectivity index (χ3v) is 2.05. The van der Waals surface area contributed by atoms with Crippen LogP contribution in [0.25, 0.3) is 0 Å². The fourth-order valence-electron chi connectivity index (χ4n) is 1.31. The van der Waals surface area contributed by atoms with E-state index in [1.165, 1.54) is 11.1 Å². The van der Waals surface area contributed by atoms with Crippen molar-refractivity contribution in [1.29, 1.82) is 0 Å². The summed E-state index contributed by atoms with van der Waals surface area (Å²) in [6.45, 7) is 6.18. The quantitative estimate of drug-likeness (QED) is 0.727. The Labute approximate surface area is 73.8 Å². The Hall–Kier alpha value is -0.890. The molecule has 1 aromatic heterocycles. The molecule has 12 heavy (non-hydrogen) atoms. The molecule has 2 N–H and O–H groups in total. The lowest BCUT2D eigenvalue weighted by Crippen LogP contribution is -2.12. The summed E-state index contributed by atoms with van der Waals surface area (Å²) in [5, 5.41) is 0. The molecule has 0 aliphatic heterocycles. The number of rotatable bonds is 2. The van der Waals surface area contributed by atoms with Gasteiger partial charge in [-0.15, -0.1) is 0 Å². The summed E-state index contributed by atoms with van der Waals surface area (Å²) in [5.74, 6) is 0. The summed E-state index contributed by atoms with van der Waals surface area (Å²) < 4.78 is 0. The highest BCUT2D eigenvalue weighted by atomic mass is 14.8. The molecule has 0 bridgehead atoms. The van der Waals surface area contributed by atoms with Crippen molar-refractivity contribution < 1.29 is 0 Å². The molecule has 0 aliphatic carbocycles. The molecule has 0 spiro atoms. The molecule has 0 aliphatic rings. The molecule has 1 heterocycles. The summed E-state index contributed by atoms with van der Waals surface area (Å²) in [6.07, 6.45) is 2.81. The summed E-state index contributed by atoms with van der Waals surface area (Å²) in [7, 11) is 0. The monoisotopic (exact) mass is 164 g/mol. The van der Waals surface area contributed by atoms with E-state index in [9.17, 15) is 0 Å². The Balaban J connectivity index is 3.01. The van der Waals surface area contributed by atoms with E-state index < -0.39 is 0 Å². The number of nitrogens with zero attached hydrogens (tertiary/aromatic N) is 1. The second kappa shape index (κ2) is 3.68. The highest BCUT2D eigenvalue weighted by molar-refractivity contribution is 5.25. The second-order valence-electron chi connectivity index (χ2n) is 3.23. The van der Waals surface area contributed by atoms with Gasteiger partial charge in [0.2, 0.25) is 0 Å². The first-order valence-electron chi connectivity index (χ1n) is 4.34. The standard InChI is InChI=1S/C10H16N2/c1-4-9(11)10-8(3)5-7(2)6-12-10/h5-6,9H,4,11H2,1-3H3. The Morgan fingerprint density at radius 3 is 2.67 bits per heavy atom. The second-order valence-corrected chi connectivity index (χ2v) is 3.23. The van der Waals surface area contributed by atoms with E-state index in [4.69, 9.17) is 5.73 Å². The summed E-state index contributed by atoms with van der Waals surface area (Å²) in [6, 6.07) is 2.21. The van der Waals surface area contributed by atoms with E-state index in [-0.39, 0.29) is 6.04 Å². The molecule has 0 amide bonds. The molecule has 0 aromatic carbocycles. The maximum atomic E-state index is 5.88. The largest absolute Gasteiger partial charge is 0.323 e. The van der Waals surface area contributed by atoms with Gasteiger partial charge in [0.25, 0.3) is 0 Å². The summed E-state index contributed by atoms with van der Waals surface area (Å²) in [5.41, 5.74) is 9.31. The van der Waals surface area contributed by atoms with Crippen molar-refractivity contribution in [1.82, 2.24) is 4.98 Å². The average Bonchev–Trinajstić information content (AvgIpc) is 2.03. The molecule has 1 atom stereocenters. The van der Waals surface area contributed by atoms with Crippen molar-refractivity contribution in [3.05, 3.63) is 29.1 Å². The zero-order chi connectivity index (χ0) is 9.14. The van der Waals surface area contributed by atoms with Gasteiger partial charge in [0.15, 0.2) is 0 Å². The SMILES string of the molecule is CCC(N)c1ncc(C)cc1C. The van der Waals surface area contributed by atoms with E-state index in [1.807, 2.05) is 13.1 Å². The maximum absolute atomic E-state index is 5.88. The minimum atomic E-state index is 0.0885. The van der Waals surface area contributed by atoms with Gasteiger partial charge in [0.1, 0.15) is 0 Å². The molecule has 1 rings (SSSR count). The van der Waals surface area contributed by atoms with Gasteiger partial charge in [-0.25, -0.2) is 0 Å². The number of aryl methyl sites for hydroxylation is 2. The summed E-state index contributed by atoms with van der Waals surface area (Å²) in [4.78, 5) is 4.32. The topological polar surface area (TPSA) is 38.9 Å². The summed E-state index contributed by atoms with van der Waals surface area (Å²) >= 11 is 0. The van der Waals surface area contributed by atoms with E-state index >= 15 is 0 Å². The van der Waals surface area contributed by atoms with Crippen molar-refractivity contribution in [2.45, 2.75) is 33.2 Å². The van der Waals surface area contributed by atoms with E-state index in [1.54, 1.807) is 0 Å². The molecule has 0 fully saturated rings. The zero-order valence-electron chi connectivity index (χ0n) is 7.96. The highest BCUT2D eigenvalue weighted by Crippen LogP contribution is 2.15. The molecule has 0 saturated heterocycles. The number of hydrogen-bond donors (Lipinski definition) is 1. The van der Waals surface area contributed by atoms with Crippen LogP contribution in [0.1, 0.15) is 36.2 Å². The van der Waals surface area contributed by atoms with Gasteiger partial charge in [0.05, 0.1) is 5.69 Å². The maximum Gasteiger partial charge on any atom is 0.0600 e. The lowest BCUT2D eigenvalue weighted by atomic mass is 10.1. The Bertz CT molecular complexity index is 269. The fourth-order valence-corrected chi connectivity index (χ4v) is 1.31. The fraction of sp³-hybridized carbons (Fsp3) is 0.500. The Kier molecular flexibility index (Phi) is 2.82. The van der Waals surface area contributed by atoms with Crippen LogP contribution >= 0.6 is 0 Å². The van der Waals surface area contributed by atoms with Crippen molar-refractivity contribution in [3.63, 3.8) is 0 Å². The third-order valence-electron chi connectivity index (χ3n) is 2.05. The van der Waals surface area contributed by atoms with Crippen LogP contribution in [0.3, 0.4) is 0 Å². The third kappa shape index (κ3) is 1.83. The first-order chi connectivity index (χ1) is 5.65. The normalized spacial score (nSPS) is 13.0. The molecule has 0 radical (unpaired) electrons. The molecule has 2 nitrogen and oxygen atoms in total. The van der Waals surface area contributed by atoms with Gasteiger partial charge in [-0.3, -0.25) is 4.98 Å². The number of nitrogens with two attached hydrogens (primary N) is 1. The van der Waals surface area contributed by atoms with Crippen LogP contribution in [0.5, 0.6) is 0 Å². The smallest absolute Gasteiger partial charge is 0.0600 e. The van der Waals surface area contributed by atoms with Crippen LogP contribution < -0.4 is 5.73 Å². The Morgan fingerprint density at radius 2 is 2.17 bits per heavy atom. The minimum Gasteiger partial charge on any atom is -0.323 e. The van der Waals surface area contributed by atoms with Gasteiger partial charge in [-0.05, 0) is 31.4 Å². The first-order valence-corrected chi connectivity index (χ1v) is 4.34. The van der Waals surface area contributed by atoms with E-state index in [0.29, 0.717) is 0 Å². The van der Waals surface area contributed by atoms with Crippen LogP contribution in [0, 0.1) is 13.8 Å². The first kappa shape index (κ1) is 9.20. The van der Waals surface area contributed by atoms with Crippen LogP contribution in [0.4, 0.5) is 0 Å². The molecule has 2 heteroatoms. The zero-order valence-corrected chi connectivity index (χ0v) is 7.96. The molecule has 66 valence electrons. The minimum absolute atomic E-state index is 0.0885. The van der Waals surface area contributed by atoms with Crippen LogP contribution in [0.15, 0.2) is 12.3 Å². The van der Waals surface area contributed by atoms with E-state index in [0.717, 1.165) is 12.1 Å². The molecule has 0 saturated carbocycles. The highest BCUT2D eigenvalue weighted by Gasteiger charge is 2.07. The Morgan fingerprint density at radius 1 is 1.50 bits per heavy atom. The molecule has 1 aromatic rings. The lowest BCUT2D eigenvalue weighted by molar-refractivity contribution is 0.669. The van der Waals surface area contributed by atoms with Crippen molar-refractivity contribution in [3.8, 4) is 0 Å². The van der Waals surface area contributed by atoms with Crippen molar-refractivity contribution in [2.24, 2.45) is 5.73 Å². The van der Waals surface area contributed by atoms with Gasteiger partial charge in [-0.2, -0.15) is 0 Å². The molecular formula is C10H16N2. The predicted octanol–water partition coefficient (Wildman–Crippen LogP) is 2.11. The van der Waals surface area contributed by atoms with Gasteiger partial charge >= 0.3 is 0 Å². The molecule has 1 unspecified atom stereocenters. The number of hydrogen-bond acceptors (Lipinski definition) is 2. The van der Waals surface area contributed by atoms with Crippen LogP contribution in [-0.4, -0.2) is 4.98 Å². The molecular weight excluding hydrogens is 148 g/mol. The lowest BCUT2D eigenvalue weighted by Gasteiger charge is -2.11. The van der Waals surface area contributed by atoms with E-state index in [2.05, 4.69) is 24.9 Å². The van der Waals surface area contributed by atoms with Gasteiger partial charge < -0.3 is 5.73 Å². The van der Waals surface area contributed by atoms with Crippen LogP contribution in [0.2, 0.25) is 0 Å². The number of aromatic nitrogens is 1. The van der Waals surface area contributed by atoms with Crippen LogP contribution in [-0.2, 0) is 0 Å². The van der Waals surface area contributed by atoms with Gasteiger partial charge in [-0.1, -0.05) is 13.0 Å². The predicted molar refractivity (Wildman–Crippen MR) is 50.9 cm³/mol. The van der Waals surface area contributed by atoms with Crippen molar-refractivity contribution >= 4 is 0 Å². The van der Waals surface area contributed by atoms with Crippen molar-refractivity contribution in [2.75, 3.05) is 0 Å². The number of pyridine rings is 1. The van der Waals surface area contributed by atoms with Gasteiger partial charge in [0, 0.05) is 12.2 Å². The average molecular weight is 164 g/mol.